The van der Waals surface area contributed by atoms with Gasteiger partial charge in [-0.25, -0.2) is 4.79 Å². The van der Waals surface area contributed by atoms with E-state index in [4.69, 9.17) is 11.6 Å². The van der Waals surface area contributed by atoms with Gasteiger partial charge in [-0.3, -0.25) is 4.79 Å². The number of hydrogen-bond acceptors (Lipinski definition) is 4. The van der Waals surface area contributed by atoms with E-state index in [2.05, 4.69) is 10.1 Å². The van der Waals surface area contributed by atoms with Crippen LogP contribution in [0.25, 0.3) is 0 Å². The van der Waals surface area contributed by atoms with Crippen molar-refractivity contribution >= 4 is 23.6 Å². The van der Waals surface area contributed by atoms with Crippen molar-refractivity contribution in [2.45, 2.75) is 12.5 Å². The molecule has 1 fully saturated rings. The number of methoxy groups -OCH3 is 1. The Bertz CT molecular complexity index is 535. The van der Waals surface area contributed by atoms with Gasteiger partial charge in [0.1, 0.15) is 5.75 Å². The van der Waals surface area contributed by atoms with E-state index >= 15 is 0 Å². The maximum absolute atomic E-state index is 12.3. The third kappa shape index (κ3) is 3.14. The lowest BCUT2D eigenvalue weighted by molar-refractivity contribution is 0.0785. The van der Waals surface area contributed by atoms with Crippen molar-refractivity contribution in [2.75, 3.05) is 20.2 Å². The summed E-state index contributed by atoms with van der Waals surface area (Å²) in [7, 11) is 1.29. The van der Waals surface area contributed by atoms with Crippen molar-refractivity contribution in [3.63, 3.8) is 0 Å². The molecule has 1 unspecified atom stereocenters. The minimum atomic E-state index is -0.519. The van der Waals surface area contributed by atoms with Crippen LogP contribution in [0.2, 0.25) is 5.02 Å². The summed E-state index contributed by atoms with van der Waals surface area (Å²) in [5.41, 5.74) is 0.163. The van der Waals surface area contributed by atoms with E-state index < -0.39 is 6.09 Å². The first-order valence-electron chi connectivity index (χ1n) is 6.13. The minimum absolute atomic E-state index is 0.108. The van der Waals surface area contributed by atoms with Gasteiger partial charge < -0.3 is 20.1 Å². The molecule has 1 aliphatic rings. The van der Waals surface area contributed by atoms with Gasteiger partial charge in [0.15, 0.2) is 0 Å². The van der Waals surface area contributed by atoms with Gasteiger partial charge in [-0.15, -0.1) is 0 Å². The quantitative estimate of drug-likeness (QED) is 0.869. The SMILES string of the molecule is COC(=O)NC1CCN(C(=O)c2cc(Cl)ccc2O)C1. The Kier molecular flexibility index (Phi) is 4.34. The van der Waals surface area contributed by atoms with Crippen molar-refractivity contribution < 1.29 is 19.4 Å². The third-order valence-corrected chi connectivity index (χ3v) is 3.41. The summed E-state index contributed by atoms with van der Waals surface area (Å²) >= 11 is 5.83. The van der Waals surface area contributed by atoms with Crippen molar-refractivity contribution in [1.82, 2.24) is 10.2 Å². The first-order valence-corrected chi connectivity index (χ1v) is 6.51. The highest BCUT2D eigenvalue weighted by Crippen LogP contribution is 2.24. The fraction of sp³-hybridized carbons (Fsp3) is 0.385. The Labute approximate surface area is 121 Å². The number of aromatic hydroxyl groups is 1. The van der Waals surface area contributed by atoms with Gasteiger partial charge in [0.2, 0.25) is 0 Å². The number of rotatable bonds is 2. The van der Waals surface area contributed by atoms with E-state index in [1.807, 2.05) is 0 Å². The molecule has 7 heteroatoms. The number of ether oxygens (including phenoxy) is 1. The van der Waals surface area contributed by atoms with Gasteiger partial charge in [0.25, 0.3) is 5.91 Å². The zero-order valence-electron chi connectivity index (χ0n) is 10.9. The van der Waals surface area contributed by atoms with Gasteiger partial charge >= 0.3 is 6.09 Å². The number of nitrogens with zero attached hydrogens (tertiary/aromatic N) is 1. The number of amides is 2. The molecule has 1 atom stereocenters. The molecule has 2 rings (SSSR count). The summed E-state index contributed by atoms with van der Waals surface area (Å²) in [6.45, 7) is 0.874. The van der Waals surface area contributed by atoms with Gasteiger partial charge in [-0.2, -0.15) is 0 Å². The lowest BCUT2D eigenvalue weighted by Crippen LogP contribution is -2.38. The molecule has 0 aromatic heterocycles. The Morgan fingerprint density at radius 2 is 2.25 bits per heavy atom. The number of phenols is 1. The van der Waals surface area contributed by atoms with Crippen molar-refractivity contribution in [1.29, 1.82) is 0 Å². The lowest BCUT2D eigenvalue weighted by atomic mass is 10.2. The molecule has 1 aliphatic heterocycles. The first kappa shape index (κ1) is 14.5. The predicted molar refractivity (Wildman–Crippen MR) is 73.0 cm³/mol. The topological polar surface area (TPSA) is 78.9 Å². The van der Waals surface area contributed by atoms with Gasteiger partial charge in [0, 0.05) is 18.1 Å². The minimum Gasteiger partial charge on any atom is -0.507 e. The van der Waals surface area contributed by atoms with Crippen LogP contribution in [0.4, 0.5) is 4.79 Å². The molecule has 1 aromatic carbocycles. The van der Waals surface area contributed by atoms with Crippen LogP contribution >= 0.6 is 11.6 Å². The molecule has 2 N–H and O–H groups in total. The van der Waals surface area contributed by atoms with E-state index in [-0.39, 0.29) is 23.3 Å². The van der Waals surface area contributed by atoms with Crippen LogP contribution in [-0.4, -0.2) is 48.2 Å². The van der Waals surface area contributed by atoms with Crippen LogP contribution in [0.15, 0.2) is 18.2 Å². The summed E-state index contributed by atoms with van der Waals surface area (Å²) in [4.78, 5) is 25.0. The number of hydrogen-bond donors (Lipinski definition) is 2. The average molecular weight is 299 g/mol. The molecule has 0 radical (unpaired) electrons. The number of phenolic OH excluding ortho intramolecular Hbond substituents is 1. The van der Waals surface area contributed by atoms with E-state index in [1.165, 1.54) is 25.3 Å². The summed E-state index contributed by atoms with van der Waals surface area (Å²) in [5.74, 6) is -0.414. The molecule has 1 heterocycles. The van der Waals surface area contributed by atoms with Gasteiger partial charge in [-0.05, 0) is 24.6 Å². The van der Waals surface area contributed by atoms with Crippen LogP contribution in [-0.2, 0) is 4.74 Å². The third-order valence-electron chi connectivity index (χ3n) is 3.17. The zero-order valence-corrected chi connectivity index (χ0v) is 11.7. The second kappa shape index (κ2) is 6.00. The molecule has 1 saturated heterocycles. The summed E-state index contributed by atoms with van der Waals surface area (Å²) < 4.78 is 4.52. The number of halogens is 1. The first-order chi connectivity index (χ1) is 9.51. The fourth-order valence-corrected chi connectivity index (χ4v) is 2.31. The van der Waals surface area contributed by atoms with Gasteiger partial charge in [0.05, 0.1) is 18.7 Å². The number of nitrogens with one attached hydrogen (secondary N) is 1. The van der Waals surface area contributed by atoms with Crippen molar-refractivity contribution in [3.8, 4) is 5.75 Å². The Balaban J connectivity index is 2.04. The molecule has 0 bridgehead atoms. The number of likely N-dealkylation sites (tertiary alicyclic amines) is 1. The van der Waals surface area contributed by atoms with Crippen LogP contribution < -0.4 is 5.32 Å². The molecule has 2 amide bonds. The molecule has 1 aromatic rings. The standard InChI is InChI=1S/C13H15ClN2O4/c1-20-13(19)15-9-4-5-16(7-9)12(18)10-6-8(14)2-3-11(10)17/h2-3,6,9,17H,4-5,7H2,1H3,(H,15,19). The highest BCUT2D eigenvalue weighted by Gasteiger charge is 2.29. The molecule has 0 spiro atoms. The van der Waals surface area contributed by atoms with Crippen LogP contribution in [0, 0.1) is 0 Å². The molecule has 108 valence electrons. The van der Waals surface area contributed by atoms with E-state index in [0.717, 1.165) is 0 Å². The van der Waals surface area contributed by atoms with Crippen LogP contribution in [0.1, 0.15) is 16.8 Å². The number of alkyl carbamates (subject to hydrolysis) is 1. The molecule has 0 aliphatic carbocycles. The fourth-order valence-electron chi connectivity index (χ4n) is 2.14. The monoisotopic (exact) mass is 298 g/mol. The van der Waals surface area contributed by atoms with Gasteiger partial charge in [-0.1, -0.05) is 11.6 Å². The molecule has 6 nitrogen and oxygen atoms in total. The number of carbonyl (C=O) groups is 2. The number of carbonyl (C=O) groups excluding carboxylic acids is 2. The van der Waals surface area contributed by atoms with Crippen LogP contribution in [0.3, 0.4) is 0 Å². The molecular weight excluding hydrogens is 284 g/mol. The maximum atomic E-state index is 12.3. The Morgan fingerprint density at radius 3 is 2.95 bits per heavy atom. The highest BCUT2D eigenvalue weighted by molar-refractivity contribution is 6.31. The van der Waals surface area contributed by atoms with Crippen LogP contribution in [0.5, 0.6) is 5.75 Å². The normalized spacial score (nSPS) is 17.9. The zero-order chi connectivity index (χ0) is 14.7. The molecular formula is C13H15ClN2O4. The molecule has 0 saturated carbocycles. The summed E-state index contributed by atoms with van der Waals surface area (Å²) in [6, 6.07) is 4.18. The van der Waals surface area contributed by atoms with Crippen molar-refractivity contribution in [3.05, 3.63) is 28.8 Å². The summed E-state index contributed by atoms with van der Waals surface area (Å²) in [6.07, 6.45) is 0.122. The van der Waals surface area contributed by atoms with Crippen molar-refractivity contribution in [2.24, 2.45) is 0 Å². The Morgan fingerprint density at radius 1 is 1.50 bits per heavy atom. The predicted octanol–water partition coefficient (Wildman–Crippen LogP) is 1.62. The maximum Gasteiger partial charge on any atom is 0.407 e. The number of benzene rings is 1. The second-order valence-electron chi connectivity index (χ2n) is 4.53. The largest absolute Gasteiger partial charge is 0.507 e. The molecule has 20 heavy (non-hydrogen) atoms. The lowest BCUT2D eigenvalue weighted by Gasteiger charge is -2.17. The van der Waals surface area contributed by atoms with E-state index in [9.17, 15) is 14.7 Å². The second-order valence-corrected chi connectivity index (χ2v) is 4.97. The highest BCUT2D eigenvalue weighted by atomic mass is 35.5. The Hall–Kier alpha value is -1.95. The van der Waals surface area contributed by atoms with E-state index in [1.54, 1.807) is 4.90 Å². The smallest absolute Gasteiger partial charge is 0.407 e. The summed E-state index contributed by atoms with van der Waals surface area (Å²) in [5, 5.41) is 12.8. The average Bonchev–Trinajstić information content (AvgIpc) is 2.89. The van der Waals surface area contributed by atoms with E-state index in [0.29, 0.717) is 24.5 Å².